The number of phenols is 3. The zero-order valence-corrected chi connectivity index (χ0v) is 10.2. The quantitative estimate of drug-likeness (QED) is 0.499. The molecule has 2 aromatic rings. The molecule has 3 N–H and O–H groups in total. The molecule has 2 aromatic carbocycles. The van der Waals surface area contributed by atoms with Crippen LogP contribution in [0.5, 0.6) is 17.2 Å². The summed E-state index contributed by atoms with van der Waals surface area (Å²) in [6.45, 7) is 1.77. The van der Waals surface area contributed by atoms with Gasteiger partial charge in [0, 0.05) is 12.5 Å². The number of hydrogen-bond acceptors (Lipinski definition) is 5. The van der Waals surface area contributed by atoms with Crippen molar-refractivity contribution in [1.29, 1.82) is 0 Å². The van der Waals surface area contributed by atoms with Crippen molar-refractivity contribution in [2.24, 2.45) is 0 Å². The van der Waals surface area contributed by atoms with Crippen LogP contribution >= 0.6 is 0 Å². The van der Waals surface area contributed by atoms with Gasteiger partial charge in [0.15, 0.2) is 0 Å². The molecule has 0 fully saturated rings. The number of benzene rings is 2. The molecule has 19 heavy (non-hydrogen) atoms. The second-order valence-corrected chi connectivity index (χ2v) is 4.74. The van der Waals surface area contributed by atoms with Gasteiger partial charge in [-0.2, -0.15) is 0 Å². The zero-order valence-electron chi connectivity index (χ0n) is 10.2. The minimum Gasteiger partial charge on any atom is -0.508 e. The average molecular weight is 261 g/mol. The van der Waals surface area contributed by atoms with Crippen LogP contribution in [0.2, 0.25) is 0 Å². The Balaban J connectivity index is 2.40. The lowest BCUT2D eigenvalue weighted by molar-refractivity contribution is 0.0298. The number of ether oxygens (including phenoxy) is 1. The number of carbonyl (C=O) groups is 1. The van der Waals surface area contributed by atoms with Gasteiger partial charge in [0.25, 0.3) is 0 Å². The van der Waals surface area contributed by atoms with E-state index in [1.807, 2.05) is 0 Å². The number of esters is 1. The van der Waals surface area contributed by atoms with Gasteiger partial charge in [0.1, 0.15) is 28.9 Å². The van der Waals surface area contributed by atoms with Crippen LogP contribution in [0.15, 0.2) is 18.2 Å². The van der Waals surface area contributed by atoms with Crippen molar-refractivity contribution in [2.45, 2.75) is 19.4 Å². The van der Waals surface area contributed by atoms with E-state index >= 15 is 0 Å². The Labute approximate surface area is 108 Å². The van der Waals surface area contributed by atoms with Crippen molar-refractivity contribution >= 4 is 16.7 Å². The molecule has 1 aliphatic rings. The maximum atomic E-state index is 11.8. The lowest BCUT2D eigenvalue weighted by Crippen LogP contribution is -2.25. The summed E-state index contributed by atoms with van der Waals surface area (Å²) >= 11 is 0. The molecule has 98 valence electrons. The van der Waals surface area contributed by atoms with Gasteiger partial charge in [-0.25, -0.2) is 4.79 Å². The third-order valence-electron chi connectivity index (χ3n) is 3.28. The molecule has 0 bridgehead atoms. The smallest absolute Gasteiger partial charge is 0.342 e. The van der Waals surface area contributed by atoms with Crippen molar-refractivity contribution in [2.75, 3.05) is 0 Å². The molecule has 5 heteroatoms. The minimum atomic E-state index is -0.597. The van der Waals surface area contributed by atoms with Gasteiger partial charge in [-0.3, -0.25) is 0 Å². The van der Waals surface area contributed by atoms with E-state index in [4.69, 9.17) is 4.74 Å². The standard InChI is InChI=1S/C14H12O5/c1-6-2-7-3-8-4-9(15)5-10(16)11(8)13(17)12(7)14(18)19-6/h3-6,15-17H,2H2,1H3/t6-/m0/s1/i14+1. The maximum Gasteiger partial charge on any atom is 0.342 e. The van der Waals surface area contributed by atoms with E-state index < -0.39 is 5.97 Å². The Morgan fingerprint density at radius 1 is 1.21 bits per heavy atom. The highest BCUT2D eigenvalue weighted by molar-refractivity contribution is 6.05. The van der Waals surface area contributed by atoms with E-state index in [-0.39, 0.29) is 34.3 Å². The number of hydrogen-bond donors (Lipinski definition) is 3. The summed E-state index contributed by atoms with van der Waals surface area (Å²) in [5, 5.41) is 30.1. The van der Waals surface area contributed by atoms with Crippen LogP contribution in [-0.4, -0.2) is 27.4 Å². The van der Waals surface area contributed by atoms with E-state index in [1.165, 1.54) is 6.07 Å². The van der Waals surface area contributed by atoms with Crippen molar-refractivity contribution in [3.8, 4) is 17.2 Å². The summed E-state index contributed by atoms with van der Waals surface area (Å²) in [5.74, 6) is -1.28. The van der Waals surface area contributed by atoms with Crippen molar-refractivity contribution in [3.63, 3.8) is 0 Å². The fourth-order valence-electron chi connectivity index (χ4n) is 2.52. The largest absolute Gasteiger partial charge is 0.508 e. The van der Waals surface area contributed by atoms with E-state index in [1.54, 1.807) is 13.0 Å². The molecule has 0 saturated carbocycles. The normalized spacial score (nSPS) is 18.2. The van der Waals surface area contributed by atoms with Crippen LogP contribution in [0.25, 0.3) is 10.8 Å². The molecule has 0 radical (unpaired) electrons. The van der Waals surface area contributed by atoms with Gasteiger partial charge in [0.05, 0.1) is 5.39 Å². The highest BCUT2D eigenvalue weighted by Crippen LogP contribution is 2.41. The van der Waals surface area contributed by atoms with Gasteiger partial charge >= 0.3 is 5.97 Å². The fraction of sp³-hybridized carbons (Fsp3) is 0.214. The average Bonchev–Trinajstić information content (AvgIpc) is 2.25. The number of rotatable bonds is 0. The number of fused-ring (bicyclic) bond motifs is 2. The van der Waals surface area contributed by atoms with Crippen LogP contribution in [0.1, 0.15) is 22.8 Å². The van der Waals surface area contributed by atoms with Crippen LogP contribution in [0.3, 0.4) is 0 Å². The minimum absolute atomic E-state index is 0.0894. The van der Waals surface area contributed by atoms with E-state index in [0.717, 1.165) is 6.07 Å². The van der Waals surface area contributed by atoms with Gasteiger partial charge in [0.2, 0.25) is 0 Å². The molecule has 3 rings (SSSR count). The Kier molecular flexibility index (Phi) is 2.32. The topological polar surface area (TPSA) is 87.0 Å². The first-order valence-electron chi connectivity index (χ1n) is 5.89. The molecular formula is C14H12O5. The van der Waals surface area contributed by atoms with Crippen LogP contribution in [-0.2, 0) is 11.2 Å². The van der Waals surface area contributed by atoms with Crippen molar-refractivity contribution < 1.29 is 24.9 Å². The summed E-state index contributed by atoms with van der Waals surface area (Å²) in [6, 6.07) is 4.23. The summed E-state index contributed by atoms with van der Waals surface area (Å²) in [7, 11) is 0. The fourth-order valence-corrected chi connectivity index (χ4v) is 2.52. The summed E-state index contributed by atoms with van der Waals surface area (Å²) < 4.78 is 5.08. The van der Waals surface area contributed by atoms with Crippen molar-refractivity contribution in [1.82, 2.24) is 0 Å². The number of phenolic OH excluding ortho intramolecular Hbond substituents is 3. The molecule has 0 unspecified atom stereocenters. The Hall–Kier alpha value is -2.43. The molecule has 1 aliphatic heterocycles. The van der Waals surface area contributed by atoms with Gasteiger partial charge in [-0.05, 0) is 30.0 Å². The first-order valence-corrected chi connectivity index (χ1v) is 5.89. The molecule has 0 aliphatic carbocycles. The van der Waals surface area contributed by atoms with Crippen molar-refractivity contribution in [3.05, 3.63) is 29.3 Å². The lowest BCUT2D eigenvalue weighted by atomic mass is 9.97. The Bertz CT molecular complexity index is 705. The Morgan fingerprint density at radius 3 is 2.68 bits per heavy atom. The third kappa shape index (κ3) is 1.66. The Morgan fingerprint density at radius 2 is 1.95 bits per heavy atom. The molecule has 0 amide bonds. The predicted octanol–water partition coefficient (Wildman–Crippen LogP) is 2.06. The van der Waals surface area contributed by atoms with Gasteiger partial charge < -0.3 is 20.1 Å². The SMILES string of the molecule is C[C@H]1Cc2cc3cc(O)cc(O)c3c(O)c2[13C](=O)O1. The monoisotopic (exact) mass is 261 g/mol. The summed E-state index contributed by atoms with van der Waals surface area (Å²) in [6.07, 6.45) is 0.226. The van der Waals surface area contributed by atoms with Crippen LogP contribution in [0.4, 0.5) is 0 Å². The van der Waals surface area contributed by atoms with Crippen LogP contribution < -0.4 is 0 Å². The molecule has 0 spiro atoms. The van der Waals surface area contributed by atoms with E-state index in [9.17, 15) is 20.1 Å². The number of aromatic hydroxyl groups is 3. The zero-order chi connectivity index (χ0) is 13.7. The lowest BCUT2D eigenvalue weighted by Gasteiger charge is -2.23. The number of carbonyl (C=O) groups excluding carboxylic acids is 1. The summed E-state index contributed by atoms with van der Waals surface area (Å²) in [4.78, 5) is 11.8. The highest BCUT2D eigenvalue weighted by atomic mass is 16.6. The van der Waals surface area contributed by atoms with Gasteiger partial charge in [-0.1, -0.05) is 0 Å². The molecule has 0 aromatic heterocycles. The van der Waals surface area contributed by atoms with E-state index in [2.05, 4.69) is 0 Å². The molecule has 1 heterocycles. The number of cyclic esters (lactones) is 1. The predicted molar refractivity (Wildman–Crippen MR) is 67.5 cm³/mol. The van der Waals surface area contributed by atoms with E-state index in [0.29, 0.717) is 17.4 Å². The second-order valence-electron chi connectivity index (χ2n) is 4.74. The highest BCUT2D eigenvalue weighted by Gasteiger charge is 2.29. The third-order valence-corrected chi connectivity index (χ3v) is 3.28. The first-order chi connectivity index (χ1) is 8.97. The molecule has 1 atom stereocenters. The second kappa shape index (κ2) is 3.78. The molecular weight excluding hydrogens is 249 g/mol. The van der Waals surface area contributed by atoms with Gasteiger partial charge in [-0.15, -0.1) is 0 Å². The summed E-state index contributed by atoms with van der Waals surface area (Å²) in [5.41, 5.74) is 0.741. The maximum absolute atomic E-state index is 11.8. The molecule has 0 saturated heterocycles. The van der Waals surface area contributed by atoms with Crippen LogP contribution in [0, 0.1) is 0 Å². The first kappa shape index (κ1) is 11.6. The molecule has 5 nitrogen and oxygen atoms in total.